The first kappa shape index (κ1) is 19.9. The predicted octanol–water partition coefficient (Wildman–Crippen LogP) is 4.20. The number of fused-ring (bicyclic) bond motifs is 1. The van der Waals surface area contributed by atoms with Gasteiger partial charge in [0.05, 0.1) is 18.4 Å². The van der Waals surface area contributed by atoms with E-state index in [1.165, 1.54) is 29.3 Å². The van der Waals surface area contributed by atoms with E-state index in [-0.39, 0.29) is 5.92 Å². The zero-order valence-corrected chi connectivity index (χ0v) is 16.5. The van der Waals surface area contributed by atoms with Crippen molar-refractivity contribution in [2.24, 2.45) is 5.92 Å². The largest absolute Gasteiger partial charge is 0.465 e. The lowest BCUT2D eigenvalue weighted by molar-refractivity contribution is 0.0600. The molecule has 148 valence electrons. The maximum Gasteiger partial charge on any atom is 0.407 e. The van der Waals surface area contributed by atoms with Crippen molar-refractivity contribution < 1.29 is 19.4 Å². The highest BCUT2D eigenvalue weighted by Crippen LogP contribution is 2.33. The molecule has 0 spiro atoms. The fourth-order valence-corrected chi connectivity index (χ4v) is 3.84. The molecule has 1 unspecified atom stereocenters. The average Bonchev–Trinajstić information content (AvgIpc) is 2.86. The Hall–Kier alpha value is -2.89. The molecule has 0 saturated heterocycles. The van der Waals surface area contributed by atoms with Gasteiger partial charge in [0.2, 0.25) is 0 Å². The molecule has 0 aliphatic carbocycles. The summed E-state index contributed by atoms with van der Waals surface area (Å²) in [7, 11) is 1.34. The second kappa shape index (κ2) is 8.42. The molecule has 0 bridgehead atoms. The number of esters is 1. The van der Waals surface area contributed by atoms with Crippen LogP contribution in [0.2, 0.25) is 0 Å². The summed E-state index contributed by atoms with van der Waals surface area (Å²) in [4.78, 5) is 29.1. The van der Waals surface area contributed by atoms with Crippen LogP contribution in [0.25, 0.3) is 11.3 Å². The molecule has 1 N–H and O–H groups in total. The molecule has 1 amide bonds. The van der Waals surface area contributed by atoms with Crippen molar-refractivity contribution in [2.75, 3.05) is 20.2 Å². The van der Waals surface area contributed by atoms with Crippen molar-refractivity contribution in [1.82, 2.24) is 9.88 Å². The molecule has 6 heteroatoms. The number of rotatable bonds is 4. The minimum atomic E-state index is -0.859. The number of hydrogen-bond donors (Lipinski definition) is 1. The molecule has 6 nitrogen and oxygen atoms in total. The third-order valence-electron chi connectivity index (χ3n) is 5.18. The first-order chi connectivity index (χ1) is 13.4. The Kier molecular flexibility index (Phi) is 5.97. The molecule has 3 rings (SSSR count). The van der Waals surface area contributed by atoms with Crippen molar-refractivity contribution in [2.45, 2.75) is 32.6 Å². The van der Waals surface area contributed by atoms with E-state index in [1.807, 2.05) is 6.07 Å². The van der Waals surface area contributed by atoms with Crippen molar-refractivity contribution in [3.63, 3.8) is 0 Å². The number of benzene rings is 1. The van der Waals surface area contributed by atoms with Gasteiger partial charge in [-0.3, -0.25) is 4.98 Å². The predicted molar refractivity (Wildman–Crippen MR) is 107 cm³/mol. The molecule has 1 aliphatic rings. The van der Waals surface area contributed by atoms with E-state index >= 15 is 0 Å². The number of carbonyl (C=O) groups excluding carboxylic acids is 1. The molecular formula is C22H26N2O4. The lowest BCUT2D eigenvalue weighted by Crippen LogP contribution is -2.33. The third kappa shape index (κ3) is 4.32. The molecular weight excluding hydrogens is 356 g/mol. The van der Waals surface area contributed by atoms with Crippen LogP contribution in [0.15, 0.2) is 36.5 Å². The number of nitrogens with zero attached hydrogens (tertiary/aromatic N) is 2. The van der Waals surface area contributed by atoms with Crippen LogP contribution in [-0.2, 0) is 11.2 Å². The van der Waals surface area contributed by atoms with Crippen LogP contribution < -0.4 is 0 Å². The van der Waals surface area contributed by atoms with E-state index < -0.39 is 12.1 Å². The van der Waals surface area contributed by atoms with E-state index in [9.17, 15) is 14.7 Å². The molecule has 1 aromatic heterocycles. The summed E-state index contributed by atoms with van der Waals surface area (Å²) in [6, 6.07) is 9.75. The molecule has 2 aromatic rings. The molecule has 2 heterocycles. The van der Waals surface area contributed by atoms with E-state index in [2.05, 4.69) is 31.0 Å². The Morgan fingerprint density at radius 2 is 2.07 bits per heavy atom. The number of pyridine rings is 1. The van der Waals surface area contributed by atoms with Gasteiger partial charge in [0.15, 0.2) is 0 Å². The fourth-order valence-electron chi connectivity index (χ4n) is 3.84. The normalized spacial score (nSPS) is 16.4. The molecule has 0 saturated carbocycles. The van der Waals surface area contributed by atoms with E-state index in [0.717, 1.165) is 17.7 Å². The number of ether oxygens (including phenoxy) is 1. The van der Waals surface area contributed by atoms with Crippen molar-refractivity contribution in [1.29, 1.82) is 0 Å². The number of hydrogen-bond acceptors (Lipinski definition) is 4. The monoisotopic (exact) mass is 382 g/mol. The summed E-state index contributed by atoms with van der Waals surface area (Å²) in [6.07, 6.45) is 2.29. The van der Waals surface area contributed by atoms with Crippen LogP contribution in [0.3, 0.4) is 0 Å². The topological polar surface area (TPSA) is 79.7 Å². The van der Waals surface area contributed by atoms with Crippen molar-refractivity contribution in [3.05, 3.63) is 53.2 Å². The van der Waals surface area contributed by atoms with Gasteiger partial charge in [-0.1, -0.05) is 26.0 Å². The van der Waals surface area contributed by atoms with E-state index in [0.29, 0.717) is 31.0 Å². The number of aromatic nitrogens is 1. The van der Waals surface area contributed by atoms with E-state index in [1.54, 1.807) is 12.1 Å². The summed E-state index contributed by atoms with van der Waals surface area (Å²) in [6.45, 7) is 5.36. The lowest BCUT2D eigenvalue weighted by Gasteiger charge is -2.24. The number of carbonyl (C=O) groups is 2. The molecule has 0 radical (unpaired) electrons. The minimum absolute atomic E-state index is 0.192. The maximum absolute atomic E-state index is 11.6. The average molecular weight is 382 g/mol. The Morgan fingerprint density at radius 3 is 2.68 bits per heavy atom. The summed E-state index contributed by atoms with van der Waals surface area (Å²) < 4.78 is 4.71. The van der Waals surface area contributed by atoms with Gasteiger partial charge in [-0.15, -0.1) is 0 Å². The third-order valence-corrected chi connectivity index (χ3v) is 5.18. The first-order valence-corrected chi connectivity index (χ1v) is 9.54. The molecule has 1 atom stereocenters. The molecule has 0 fully saturated rings. The molecule has 28 heavy (non-hydrogen) atoms. The van der Waals surface area contributed by atoms with Crippen LogP contribution >= 0.6 is 0 Å². The fraction of sp³-hybridized carbons (Fsp3) is 0.409. The van der Waals surface area contributed by atoms with Gasteiger partial charge in [0.1, 0.15) is 0 Å². The van der Waals surface area contributed by atoms with Crippen LogP contribution in [-0.4, -0.2) is 47.3 Å². The Labute approximate surface area is 165 Å². The van der Waals surface area contributed by atoms with Crippen LogP contribution in [0, 0.1) is 5.92 Å². The van der Waals surface area contributed by atoms with Crippen LogP contribution in [0.1, 0.15) is 47.7 Å². The van der Waals surface area contributed by atoms with Gasteiger partial charge in [-0.2, -0.15) is 0 Å². The van der Waals surface area contributed by atoms with Gasteiger partial charge < -0.3 is 14.7 Å². The van der Waals surface area contributed by atoms with Crippen molar-refractivity contribution in [3.8, 4) is 11.3 Å². The summed E-state index contributed by atoms with van der Waals surface area (Å²) in [5.41, 5.74) is 4.55. The second-order valence-electron chi connectivity index (χ2n) is 7.64. The SMILES string of the molecule is COC(=O)c1ccc(-c2ccc3c(c2)CCN(C(=O)O)CC3CC(C)C)nc1. The van der Waals surface area contributed by atoms with Crippen LogP contribution in [0.5, 0.6) is 0 Å². The molecule has 1 aliphatic heterocycles. The Morgan fingerprint density at radius 1 is 1.29 bits per heavy atom. The summed E-state index contributed by atoms with van der Waals surface area (Å²) in [5.74, 6) is 0.266. The standard InChI is InChI=1S/C22H26N2O4/c1-14(2)10-18-13-24(22(26)27)9-8-15-11-16(4-6-19(15)18)20-7-5-17(12-23-20)21(25)28-3/h4-7,11-12,14,18H,8-10,13H2,1-3H3,(H,26,27). The number of amides is 1. The Balaban J connectivity index is 1.93. The van der Waals surface area contributed by atoms with Crippen LogP contribution in [0.4, 0.5) is 4.79 Å². The van der Waals surface area contributed by atoms with Gasteiger partial charge in [-0.25, -0.2) is 9.59 Å². The molecule has 1 aromatic carbocycles. The zero-order chi connectivity index (χ0) is 20.3. The van der Waals surface area contributed by atoms with Gasteiger partial charge in [0, 0.05) is 30.8 Å². The van der Waals surface area contributed by atoms with Gasteiger partial charge in [-0.05, 0) is 48.1 Å². The second-order valence-corrected chi connectivity index (χ2v) is 7.64. The highest BCUT2D eigenvalue weighted by Gasteiger charge is 2.26. The summed E-state index contributed by atoms with van der Waals surface area (Å²) >= 11 is 0. The highest BCUT2D eigenvalue weighted by molar-refractivity contribution is 5.89. The lowest BCUT2D eigenvalue weighted by atomic mass is 9.86. The minimum Gasteiger partial charge on any atom is -0.465 e. The smallest absolute Gasteiger partial charge is 0.407 e. The number of methoxy groups -OCH3 is 1. The first-order valence-electron chi connectivity index (χ1n) is 9.54. The van der Waals surface area contributed by atoms with Crippen molar-refractivity contribution >= 4 is 12.1 Å². The number of carboxylic acid groups (broad SMARTS) is 1. The van der Waals surface area contributed by atoms with Gasteiger partial charge >= 0.3 is 12.1 Å². The Bertz CT molecular complexity index is 861. The van der Waals surface area contributed by atoms with E-state index in [4.69, 9.17) is 4.74 Å². The highest BCUT2D eigenvalue weighted by atomic mass is 16.5. The van der Waals surface area contributed by atoms with Gasteiger partial charge in [0.25, 0.3) is 0 Å². The summed E-state index contributed by atoms with van der Waals surface area (Å²) in [5, 5.41) is 9.50. The quantitative estimate of drug-likeness (QED) is 0.802. The maximum atomic E-state index is 11.6. The zero-order valence-electron chi connectivity index (χ0n) is 16.5.